The van der Waals surface area contributed by atoms with Gasteiger partial charge in [-0.05, 0) is 38.5 Å². The summed E-state index contributed by atoms with van der Waals surface area (Å²) in [6, 6.07) is 6.44. The summed E-state index contributed by atoms with van der Waals surface area (Å²) in [5, 5.41) is 0. The van der Waals surface area contributed by atoms with E-state index in [0.717, 1.165) is 21.5 Å². The summed E-state index contributed by atoms with van der Waals surface area (Å²) in [4.78, 5) is 4.17. The van der Waals surface area contributed by atoms with Gasteiger partial charge in [0.2, 0.25) is 0 Å². The second-order valence-corrected chi connectivity index (χ2v) is 5.50. The van der Waals surface area contributed by atoms with Gasteiger partial charge in [0.1, 0.15) is 12.4 Å². The number of imidazole rings is 1. The molecule has 3 nitrogen and oxygen atoms in total. The third-order valence-electron chi connectivity index (χ3n) is 2.83. The van der Waals surface area contributed by atoms with Crippen LogP contribution in [0.15, 0.2) is 35.2 Å². The van der Waals surface area contributed by atoms with Gasteiger partial charge in [-0.25, -0.2) is 4.98 Å². The number of halogens is 1. The van der Waals surface area contributed by atoms with E-state index in [-0.39, 0.29) is 0 Å². The largest absolute Gasteiger partial charge is 0.487 e. The standard InChI is InChI=1S/C14H17BrN2O/c1-10(2)17-9-16-7-13(17)8-18-14-6-12(15)5-4-11(14)3/h4-7,9-10H,8H2,1-3H3. The van der Waals surface area contributed by atoms with E-state index in [1.165, 1.54) is 0 Å². The number of ether oxygens (including phenoxy) is 1. The molecule has 1 aromatic heterocycles. The molecule has 96 valence electrons. The van der Waals surface area contributed by atoms with Gasteiger partial charge in [0.15, 0.2) is 0 Å². The Balaban J connectivity index is 2.11. The molecule has 2 aromatic rings. The monoisotopic (exact) mass is 308 g/mol. The molecule has 1 heterocycles. The zero-order valence-electron chi connectivity index (χ0n) is 10.9. The third-order valence-corrected chi connectivity index (χ3v) is 3.32. The number of hydrogen-bond donors (Lipinski definition) is 0. The number of benzene rings is 1. The second kappa shape index (κ2) is 5.57. The average Bonchev–Trinajstić information content (AvgIpc) is 2.79. The van der Waals surface area contributed by atoms with Crippen molar-refractivity contribution >= 4 is 15.9 Å². The van der Waals surface area contributed by atoms with E-state index in [4.69, 9.17) is 4.74 Å². The maximum atomic E-state index is 5.86. The molecule has 0 unspecified atom stereocenters. The van der Waals surface area contributed by atoms with Crippen molar-refractivity contribution in [2.45, 2.75) is 33.4 Å². The summed E-state index contributed by atoms with van der Waals surface area (Å²) >= 11 is 3.46. The van der Waals surface area contributed by atoms with Gasteiger partial charge in [0.25, 0.3) is 0 Å². The fraction of sp³-hybridized carbons (Fsp3) is 0.357. The topological polar surface area (TPSA) is 27.1 Å². The van der Waals surface area contributed by atoms with Gasteiger partial charge in [0, 0.05) is 10.5 Å². The number of aromatic nitrogens is 2. The smallest absolute Gasteiger partial charge is 0.130 e. The molecule has 0 radical (unpaired) electrons. The third kappa shape index (κ3) is 2.93. The Kier molecular flexibility index (Phi) is 4.07. The number of rotatable bonds is 4. The van der Waals surface area contributed by atoms with Crippen LogP contribution in [0, 0.1) is 6.92 Å². The summed E-state index contributed by atoms with van der Waals surface area (Å²) in [6.45, 7) is 6.85. The van der Waals surface area contributed by atoms with Crippen molar-refractivity contribution in [2.24, 2.45) is 0 Å². The molecule has 4 heteroatoms. The molecule has 0 aliphatic rings. The zero-order chi connectivity index (χ0) is 13.1. The van der Waals surface area contributed by atoms with Gasteiger partial charge in [-0.3, -0.25) is 0 Å². The van der Waals surface area contributed by atoms with E-state index in [0.29, 0.717) is 12.6 Å². The maximum Gasteiger partial charge on any atom is 0.130 e. The van der Waals surface area contributed by atoms with Gasteiger partial charge in [-0.2, -0.15) is 0 Å². The lowest BCUT2D eigenvalue weighted by Crippen LogP contribution is -2.07. The van der Waals surface area contributed by atoms with Gasteiger partial charge in [-0.1, -0.05) is 22.0 Å². The zero-order valence-corrected chi connectivity index (χ0v) is 12.4. The highest BCUT2D eigenvalue weighted by molar-refractivity contribution is 9.10. The normalized spacial score (nSPS) is 10.9. The van der Waals surface area contributed by atoms with Crippen molar-refractivity contribution in [2.75, 3.05) is 0 Å². The molecule has 1 aromatic carbocycles. The molecule has 0 atom stereocenters. The van der Waals surface area contributed by atoms with Crippen LogP contribution in [-0.2, 0) is 6.61 Å². The molecule has 0 aliphatic carbocycles. The molecule has 0 amide bonds. The second-order valence-electron chi connectivity index (χ2n) is 4.58. The van der Waals surface area contributed by atoms with E-state index in [1.54, 1.807) is 0 Å². The van der Waals surface area contributed by atoms with Crippen LogP contribution in [-0.4, -0.2) is 9.55 Å². The average molecular weight is 309 g/mol. The fourth-order valence-electron chi connectivity index (χ4n) is 1.79. The Hall–Kier alpha value is -1.29. The van der Waals surface area contributed by atoms with E-state index in [1.807, 2.05) is 37.6 Å². The van der Waals surface area contributed by atoms with E-state index < -0.39 is 0 Å². The van der Waals surface area contributed by atoms with Crippen molar-refractivity contribution in [1.29, 1.82) is 0 Å². The van der Waals surface area contributed by atoms with Crippen LogP contribution in [0.3, 0.4) is 0 Å². The maximum absolute atomic E-state index is 5.86. The van der Waals surface area contributed by atoms with Crippen molar-refractivity contribution in [3.8, 4) is 5.75 Å². The van der Waals surface area contributed by atoms with Crippen LogP contribution in [0.4, 0.5) is 0 Å². The van der Waals surface area contributed by atoms with Gasteiger partial charge in [0.05, 0.1) is 18.2 Å². The van der Waals surface area contributed by atoms with Gasteiger partial charge >= 0.3 is 0 Å². The SMILES string of the molecule is Cc1ccc(Br)cc1OCc1cncn1C(C)C. The predicted octanol–water partition coefficient (Wildman–Crippen LogP) is 4.11. The summed E-state index contributed by atoms with van der Waals surface area (Å²) in [6.07, 6.45) is 3.70. The summed E-state index contributed by atoms with van der Waals surface area (Å²) < 4.78 is 9.01. The highest BCUT2D eigenvalue weighted by Crippen LogP contribution is 2.24. The minimum Gasteiger partial charge on any atom is -0.487 e. The first-order chi connectivity index (χ1) is 8.58. The van der Waals surface area contributed by atoms with E-state index in [9.17, 15) is 0 Å². The first-order valence-corrected chi connectivity index (χ1v) is 6.77. The lowest BCUT2D eigenvalue weighted by Gasteiger charge is -2.13. The summed E-state index contributed by atoms with van der Waals surface area (Å²) in [5.74, 6) is 0.904. The first kappa shape index (κ1) is 13.1. The lowest BCUT2D eigenvalue weighted by molar-refractivity contribution is 0.290. The van der Waals surface area contributed by atoms with Gasteiger partial charge in [-0.15, -0.1) is 0 Å². The highest BCUT2D eigenvalue weighted by Gasteiger charge is 2.07. The Labute approximate surface area is 116 Å². The van der Waals surface area contributed by atoms with Crippen molar-refractivity contribution in [3.63, 3.8) is 0 Å². The molecular formula is C14H17BrN2O. The Morgan fingerprint density at radius 2 is 2.17 bits per heavy atom. The molecule has 0 aliphatic heterocycles. The summed E-state index contributed by atoms with van der Waals surface area (Å²) in [5.41, 5.74) is 2.22. The minimum atomic E-state index is 0.398. The number of hydrogen-bond acceptors (Lipinski definition) is 2. The van der Waals surface area contributed by atoms with Crippen molar-refractivity contribution in [1.82, 2.24) is 9.55 Å². The molecule has 2 rings (SSSR count). The summed E-state index contributed by atoms with van der Waals surface area (Å²) in [7, 11) is 0. The van der Waals surface area contributed by atoms with Crippen molar-refractivity contribution < 1.29 is 4.74 Å². The highest BCUT2D eigenvalue weighted by atomic mass is 79.9. The Bertz CT molecular complexity index is 534. The molecule has 0 N–H and O–H groups in total. The van der Waals surface area contributed by atoms with Crippen molar-refractivity contribution in [3.05, 3.63) is 46.5 Å². The molecule has 0 spiro atoms. The Morgan fingerprint density at radius 1 is 1.39 bits per heavy atom. The lowest BCUT2D eigenvalue weighted by atomic mass is 10.2. The first-order valence-electron chi connectivity index (χ1n) is 5.97. The van der Waals surface area contributed by atoms with Crippen LogP contribution in [0.25, 0.3) is 0 Å². The van der Waals surface area contributed by atoms with Gasteiger partial charge < -0.3 is 9.30 Å². The number of aryl methyl sites for hydroxylation is 1. The predicted molar refractivity (Wildman–Crippen MR) is 75.8 cm³/mol. The number of nitrogens with zero attached hydrogens (tertiary/aromatic N) is 2. The Morgan fingerprint density at radius 3 is 2.89 bits per heavy atom. The van der Waals surface area contributed by atoms with Crippen LogP contribution < -0.4 is 4.74 Å². The molecule has 18 heavy (non-hydrogen) atoms. The van der Waals surface area contributed by atoms with Crippen LogP contribution >= 0.6 is 15.9 Å². The molecule has 0 saturated carbocycles. The van der Waals surface area contributed by atoms with Crippen LogP contribution in [0.1, 0.15) is 31.1 Å². The molecule has 0 bridgehead atoms. The molecule has 0 fully saturated rings. The minimum absolute atomic E-state index is 0.398. The molecule has 0 saturated heterocycles. The van der Waals surface area contributed by atoms with E-state index >= 15 is 0 Å². The quantitative estimate of drug-likeness (QED) is 0.849. The van der Waals surface area contributed by atoms with Crippen LogP contribution in [0.2, 0.25) is 0 Å². The fourth-order valence-corrected chi connectivity index (χ4v) is 2.13. The molecular weight excluding hydrogens is 292 g/mol. The van der Waals surface area contributed by atoms with Crippen LogP contribution in [0.5, 0.6) is 5.75 Å². The van der Waals surface area contributed by atoms with E-state index in [2.05, 4.69) is 39.3 Å².